The number of ether oxygens (including phenoxy) is 1. The van der Waals surface area contributed by atoms with Crippen molar-refractivity contribution in [2.75, 3.05) is 19.6 Å². The number of H-pyrrole nitrogens is 1. The van der Waals surface area contributed by atoms with Gasteiger partial charge in [-0.25, -0.2) is 0 Å². The molecule has 4 aromatic rings. The number of aromatic amines is 1. The second-order valence-corrected chi connectivity index (χ2v) is 8.92. The van der Waals surface area contributed by atoms with Crippen molar-refractivity contribution in [2.24, 2.45) is 0 Å². The first kappa shape index (κ1) is 21.2. The molecular weight excluding hydrogens is 447 g/mol. The van der Waals surface area contributed by atoms with Crippen LogP contribution < -0.4 is 4.74 Å². The van der Waals surface area contributed by atoms with E-state index in [9.17, 15) is 0 Å². The summed E-state index contributed by atoms with van der Waals surface area (Å²) in [6.45, 7) is 7.34. The molecule has 1 N–H and O–H groups in total. The molecule has 1 aromatic carbocycles. The normalized spacial score (nSPS) is 17.8. The van der Waals surface area contributed by atoms with E-state index in [1.165, 1.54) is 0 Å². The van der Waals surface area contributed by atoms with Gasteiger partial charge in [0.05, 0.1) is 27.8 Å². The van der Waals surface area contributed by atoms with E-state index >= 15 is 0 Å². The summed E-state index contributed by atoms with van der Waals surface area (Å²) in [5.74, 6) is 0.707. The van der Waals surface area contributed by atoms with Gasteiger partial charge in [0.15, 0.2) is 0 Å². The zero-order chi connectivity index (χ0) is 22.2. The van der Waals surface area contributed by atoms with E-state index in [-0.39, 0.29) is 6.10 Å². The van der Waals surface area contributed by atoms with Gasteiger partial charge in [0.1, 0.15) is 17.5 Å². The average Bonchev–Trinajstić information content (AvgIpc) is 3.52. The summed E-state index contributed by atoms with van der Waals surface area (Å²) >= 11 is 12.6. The minimum atomic E-state index is -0.336. The molecule has 0 saturated carbocycles. The number of halogens is 2. The Morgan fingerprint density at radius 1 is 1.22 bits per heavy atom. The minimum absolute atomic E-state index is 0.336. The highest BCUT2D eigenvalue weighted by Gasteiger charge is 2.24. The Labute approximate surface area is 196 Å². The SMILES string of the molecule is CCN1CC[C@H](n2cc(-c3n[nH]c4ccc(OC(C)c5c(Cl)cncc5Cl)cc34)cn2)C1. The molecule has 7 nitrogen and oxygen atoms in total. The van der Waals surface area contributed by atoms with E-state index in [1.807, 2.05) is 31.3 Å². The first-order valence-electron chi connectivity index (χ1n) is 10.7. The molecule has 3 aromatic heterocycles. The van der Waals surface area contributed by atoms with Crippen molar-refractivity contribution in [1.82, 2.24) is 29.9 Å². The molecule has 1 saturated heterocycles. The molecule has 1 aliphatic rings. The van der Waals surface area contributed by atoms with Gasteiger partial charge in [0, 0.05) is 48.2 Å². The number of likely N-dealkylation sites (N-methyl/N-ethyl adjacent to an activating group) is 1. The lowest BCUT2D eigenvalue weighted by Gasteiger charge is -2.17. The van der Waals surface area contributed by atoms with Crippen molar-refractivity contribution in [3.63, 3.8) is 0 Å². The number of benzene rings is 1. The second-order valence-electron chi connectivity index (χ2n) is 8.10. The molecule has 1 fully saturated rings. The standard InChI is InChI=1S/C23H24Cl2N6O/c1-3-30-7-6-16(13-30)31-12-15(9-27-31)23-18-8-17(4-5-21(18)28-29-23)32-14(2)22-19(24)10-26-11-20(22)25/h4-5,8-12,14,16H,3,6-7,13H2,1-2H3,(H,28,29)/t14?,16-/m0/s1. The fraction of sp³-hybridized carbons (Fsp3) is 0.348. The van der Waals surface area contributed by atoms with Crippen LogP contribution in [0.5, 0.6) is 5.75 Å². The maximum absolute atomic E-state index is 6.29. The lowest BCUT2D eigenvalue weighted by Crippen LogP contribution is -2.21. The molecule has 1 aliphatic heterocycles. The average molecular weight is 471 g/mol. The lowest BCUT2D eigenvalue weighted by molar-refractivity contribution is 0.227. The number of aromatic nitrogens is 5. The van der Waals surface area contributed by atoms with Crippen molar-refractivity contribution < 1.29 is 4.74 Å². The van der Waals surface area contributed by atoms with Gasteiger partial charge in [-0.15, -0.1) is 0 Å². The molecule has 0 radical (unpaired) electrons. The number of hydrogen-bond donors (Lipinski definition) is 1. The quantitative estimate of drug-likeness (QED) is 0.400. The highest BCUT2D eigenvalue weighted by Crippen LogP contribution is 2.35. The molecule has 1 unspecified atom stereocenters. The van der Waals surface area contributed by atoms with E-state index in [0.29, 0.717) is 21.8 Å². The largest absolute Gasteiger partial charge is 0.486 e. The van der Waals surface area contributed by atoms with Crippen LogP contribution in [0.15, 0.2) is 43.0 Å². The molecule has 0 spiro atoms. The summed E-state index contributed by atoms with van der Waals surface area (Å²) in [4.78, 5) is 6.46. The first-order chi connectivity index (χ1) is 15.5. The number of rotatable bonds is 6. The number of pyridine rings is 1. The van der Waals surface area contributed by atoms with Gasteiger partial charge in [0.25, 0.3) is 0 Å². The summed E-state index contributed by atoms with van der Waals surface area (Å²) in [5, 5.41) is 14.2. The van der Waals surface area contributed by atoms with Crippen LogP contribution in [0.3, 0.4) is 0 Å². The van der Waals surface area contributed by atoms with Crippen LogP contribution in [-0.4, -0.2) is 49.5 Å². The van der Waals surface area contributed by atoms with E-state index in [2.05, 4.69) is 43.0 Å². The van der Waals surface area contributed by atoms with Crippen LogP contribution in [0.4, 0.5) is 0 Å². The number of hydrogen-bond acceptors (Lipinski definition) is 5. The Morgan fingerprint density at radius 2 is 2.03 bits per heavy atom. The maximum atomic E-state index is 6.29. The Balaban J connectivity index is 1.41. The molecule has 0 amide bonds. The van der Waals surface area contributed by atoms with Crippen molar-refractivity contribution in [1.29, 1.82) is 0 Å². The number of likely N-dealkylation sites (tertiary alicyclic amines) is 1. The predicted octanol–water partition coefficient (Wildman–Crippen LogP) is 5.53. The number of nitrogens with zero attached hydrogens (tertiary/aromatic N) is 5. The maximum Gasteiger partial charge on any atom is 0.124 e. The Bertz CT molecular complexity index is 1230. The molecule has 166 valence electrons. The van der Waals surface area contributed by atoms with Gasteiger partial charge < -0.3 is 9.64 Å². The minimum Gasteiger partial charge on any atom is -0.486 e. The molecule has 0 aliphatic carbocycles. The molecular formula is C23H24Cl2N6O. The zero-order valence-electron chi connectivity index (χ0n) is 17.9. The number of fused-ring (bicyclic) bond motifs is 1. The lowest BCUT2D eigenvalue weighted by atomic mass is 10.1. The molecule has 9 heteroatoms. The van der Waals surface area contributed by atoms with Crippen LogP contribution in [0, 0.1) is 0 Å². The number of nitrogens with one attached hydrogen (secondary N) is 1. The van der Waals surface area contributed by atoms with Gasteiger partial charge in [-0.1, -0.05) is 30.1 Å². The van der Waals surface area contributed by atoms with Crippen LogP contribution in [0.25, 0.3) is 22.2 Å². The third-order valence-corrected chi connectivity index (χ3v) is 6.69. The first-order valence-corrected chi connectivity index (χ1v) is 11.5. The fourth-order valence-corrected chi connectivity index (χ4v) is 5.01. The van der Waals surface area contributed by atoms with Crippen molar-refractivity contribution in [3.05, 3.63) is 58.6 Å². The molecule has 4 heterocycles. The Hall–Kier alpha value is -2.61. The van der Waals surface area contributed by atoms with Crippen LogP contribution in [-0.2, 0) is 0 Å². The third kappa shape index (κ3) is 3.96. The smallest absolute Gasteiger partial charge is 0.124 e. The van der Waals surface area contributed by atoms with Gasteiger partial charge in [-0.2, -0.15) is 10.2 Å². The Kier molecular flexibility index (Phi) is 5.80. The van der Waals surface area contributed by atoms with Gasteiger partial charge in [-0.3, -0.25) is 14.8 Å². The van der Waals surface area contributed by atoms with Crippen LogP contribution in [0.2, 0.25) is 10.0 Å². The third-order valence-electron chi connectivity index (χ3n) is 6.09. The van der Waals surface area contributed by atoms with Crippen molar-refractivity contribution in [3.8, 4) is 17.0 Å². The highest BCUT2D eigenvalue weighted by atomic mass is 35.5. The molecule has 5 rings (SSSR count). The molecule has 2 atom stereocenters. The van der Waals surface area contributed by atoms with Gasteiger partial charge in [-0.05, 0) is 38.1 Å². The highest BCUT2D eigenvalue weighted by molar-refractivity contribution is 6.35. The predicted molar refractivity (Wildman–Crippen MR) is 126 cm³/mol. The second kappa shape index (κ2) is 8.73. The monoisotopic (exact) mass is 470 g/mol. The summed E-state index contributed by atoms with van der Waals surface area (Å²) in [7, 11) is 0. The summed E-state index contributed by atoms with van der Waals surface area (Å²) in [6.07, 6.45) is 7.90. The van der Waals surface area contributed by atoms with Gasteiger partial charge >= 0.3 is 0 Å². The zero-order valence-corrected chi connectivity index (χ0v) is 19.4. The van der Waals surface area contributed by atoms with E-state index < -0.39 is 0 Å². The summed E-state index contributed by atoms with van der Waals surface area (Å²) < 4.78 is 8.25. The van der Waals surface area contributed by atoms with Crippen LogP contribution >= 0.6 is 23.2 Å². The Morgan fingerprint density at radius 3 is 2.78 bits per heavy atom. The molecule has 0 bridgehead atoms. The summed E-state index contributed by atoms with van der Waals surface area (Å²) in [5.41, 5.74) is 3.49. The van der Waals surface area contributed by atoms with Crippen LogP contribution in [0.1, 0.15) is 38.0 Å². The van der Waals surface area contributed by atoms with E-state index in [0.717, 1.165) is 53.8 Å². The fourth-order valence-electron chi connectivity index (χ4n) is 4.33. The van der Waals surface area contributed by atoms with E-state index in [4.69, 9.17) is 27.9 Å². The molecule has 32 heavy (non-hydrogen) atoms. The van der Waals surface area contributed by atoms with Crippen molar-refractivity contribution >= 4 is 34.1 Å². The topological polar surface area (TPSA) is 71.9 Å². The summed E-state index contributed by atoms with van der Waals surface area (Å²) in [6, 6.07) is 6.26. The van der Waals surface area contributed by atoms with Crippen molar-refractivity contribution in [2.45, 2.75) is 32.4 Å². The van der Waals surface area contributed by atoms with E-state index in [1.54, 1.807) is 12.4 Å². The van der Waals surface area contributed by atoms with Gasteiger partial charge in [0.2, 0.25) is 0 Å².